The van der Waals surface area contributed by atoms with Crippen molar-refractivity contribution in [1.82, 2.24) is 9.97 Å². The van der Waals surface area contributed by atoms with Gasteiger partial charge in [-0.15, -0.1) is 0 Å². The van der Waals surface area contributed by atoms with Gasteiger partial charge >= 0.3 is 0 Å². The van der Waals surface area contributed by atoms with E-state index in [0.717, 1.165) is 11.1 Å². The summed E-state index contributed by atoms with van der Waals surface area (Å²) in [5.41, 5.74) is 3.42. The molecule has 1 aromatic heterocycles. The molecule has 1 heterocycles. The lowest BCUT2D eigenvalue weighted by atomic mass is 10.1. The number of anilines is 1. The molecule has 3 rings (SSSR count). The third kappa shape index (κ3) is 4.07. The summed E-state index contributed by atoms with van der Waals surface area (Å²) >= 11 is 6.16. The lowest BCUT2D eigenvalue weighted by molar-refractivity contribution is 0.102. The molecule has 3 aromatic rings. The van der Waals surface area contributed by atoms with Crippen molar-refractivity contribution in [1.29, 1.82) is 0 Å². The van der Waals surface area contributed by atoms with Gasteiger partial charge in [0.2, 0.25) is 0 Å². The minimum Gasteiger partial charge on any atom is -0.495 e. The summed E-state index contributed by atoms with van der Waals surface area (Å²) in [6, 6.07) is 11.1. The lowest BCUT2D eigenvalue weighted by Crippen LogP contribution is -2.15. The predicted molar refractivity (Wildman–Crippen MR) is 109 cm³/mol. The van der Waals surface area contributed by atoms with Crippen molar-refractivity contribution in [2.24, 2.45) is 0 Å². The molecule has 28 heavy (non-hydrogen) atoms. The number of carbonyl (C=O) groups is 1. The zero-order valence-corrected chi connectivity index (χ0v) is 16.8. The molecule has 2 aromatic carbocycles. The molecule has 0 radical (unpaired) electrons. The quantitative estimate of drug-likeness (QED) is 0.676. The Balaban J connectivity index is 1.87. The second-order valence-electron chi connectivity index (χ2n) is 6.20. The number of carbonyl (C=O) groups excluding carboxylic acids is 1. The Morgan fingerprint density at radius 3 is 2.32 bits per heavy atom. The zero-order chi connectivity index (χ0) is 20.3. The van der Waals surface area contributed by atoms with Crippen LogP contribution in [0.4, 0.5) is 5.69 Å². The Morgan fingerprint density at radius 1 is 1.04 bits per heavy atom. The van der Waals surface area contributed by atoms with Gasteiger partial charge in [0.05, 0.1) is 36.2 Å². The molecule has 0 aliphatic heterocycles. The SMILES string of the molecule is COc1cc(OC)c(NC(=O)c2cnc(-c3ccc(C)cc3)nc2C)cc1Cl. The first-order chi connectivity index (χ1) is 13.4. The Kier molecular flexibility index (Phi) is 5.80. The Morgan fingerprint density at radius 2 is 1.71 bits per heavy atom. The zero-order valence-electron chi connectivity index (χ0n) is 16.0. The molecule has 0 bridgehead atoms. The molecule has 144 valence electrons. The summed E-state index contributed by atoms with van der Waals surface area (Å²) in [5, 5.41) is 3.16. The fraction of sp³-hybridized carbons (Fsp3) is 0.190. The highest BCUT2D eigenvalue weighted by molar-refractivity contribution is 6.32. The summed E-state index contributed by atoms with van der Waals surface area (Å²) in [6.45, 7) is 3.79. The molecule has 0 aliphatic rings. The van der Waals surface area contributed by atoms with Crippen molar-refractivity contribution in [3.8, 4) is 22.9 Å². The first-order valence-corrected chi connectivity index (χ1v) is 8.94. The molecule has 0 saturated carbocycles. The van der Waals surface area contributed by atoms with Crippen molar-refractivity contribution in [3.63, 3.8) is 0 Å². The monoisotopic (exact) mass is 397 g/mol. The molecule has 0 aliphatic carbocycles. The minimum atomic E-state index is -0.354. The maximum absolute atomic E-state index is 12.7. The number of halogens is 1. The summed E-state index contributed by atoms with van der Waals surface area (Å²) in [4.78, 5) is 21.6. The van der Waals surface area contributed by atoms with Crippen LogP contribution in [0.25, 0.3) is 11.4 Å². The minimum absolute atomic E-state index is 0.354. The summed E-state index contributed by atoms with van der Waals surface area (Å²) in [5.74, 6) is 1.11. The predicted octanol–water partition coefficient (Wildman–Crippen LogP) is 4.68. The number of ether oxygens (including phenoxy) is 2. The van der Waals surface area contributed by atoms with Crippen LogP contribution in [0, 0.1) is 13.8 Å². The van der Waals surface area contributed by atoms with Crippen molar-refractivity contribution in [3.05, 3.63) is 64.4 Å². The number of nitrogens with one attached hydrogen (secondary N) is 1. The highest BCUT2D eigenvalue weighted by atomic mass is 35.5. The molecule has 0 spiro atoms. The van der Waals surface area contributed by atoms with E-state index in [0.29, 0.717) is 39.3 Å². The maximum atomic E-state index is 12.7. The van der Waals surface area contributed by atoms with Gasteiger partial charge in [-0.3, -0.25) is 4.79 Å². The van der Waals surface area contributed by atoms with Gasteiger partial charge in [0, 0.05) is 17.8 Å². The topological polar surface area (TPSA) is 73.3 Å². The fourth-order valence-corrected chi connectivity index (χ4v) is 2.92. The van der Waals surface area contributed by atoms with Crippen LogP contribution >= 0.6 is 11.6 Å². The van der Waals surface area contributed by atoms with Crippen LogP contribution in [-0.2, 0) is 0 Å². The van der Waals surface area contributed by atoms with E-state index in [1.807, 2.05) is 31.2 Å². The number of aryl methyl sites for hydroxylation is 2. The van der Waals surface area contributed by atoms with E-state index < -0.39 is 0 Å². The van der Waals surface area contributed by atoms with Crippen LogP contribution in [-0.4, -0.2) is 30.1 Å². The summed E-state index contributed by atoms with van der Waals surface area (Å²) in [7, 11) is 3.01. The number of methoxy groups -OCH3 is 2. The molecule has 7 heteroatoms. The van der Waals surface area contributed by atoms with E-state index in [4.69, 9.17) is 21.1 Å². The van der Waals surface area contributed by atoms with Gasteiger partial charge in [0.25, 0.3) is 5.91 Å². The van der Waals surface area contributed by atoms with E-state index in [1.165, 1.54) is 20.4 Å². The highest BCUT2D eigenvalue weighted by Gasteiger charge is 2.17. The van der Waals surface area contributed by atoms with Crippen LogP contribution in [0.5, 0.6) is 11.5 Å². The Bertz CT molecular complexity index is 1020. The average Bonchev–Trinajstić information content (AvgIpc) is 2.68. The number of nitrogens with zero attached hydrogens (tertiary/aromatic N) is 2. The first-order valence-electron chi connectivity index (χ1n) is 8.56. The van der Waals surface area contributed by atoms with Gasteiger partial charge in [-0.2, -0.15) is 0 Å². The highest BCUT2D eigenvalue weighted by Crippen LogP contribution is 2.36. The van der Waals surface area contributed by atoms with Crippen LogP contribution < -0.4 is 14.8 Å². The second kappa shape index (κ2) is 8.27. The van der Waals surface area contributed by atoms with Gasteiger partial charge in [-0.05, 0) is 19.9 Å². The standard InChI is InChI=1S/C21H20ClN3O3/c1-12-5-7-14(8-6-12)20-23-11-15(13(2)24-20)21(26)25-17-9-16(22)18(27-3)10-19(17)28-4/h5-11H,1-4H3,(H,25,26). The number of amides is 1. The largest absolute Gasteiger partial charge is 0.495 e. The molecule has 1 amide bonds. The van der Waals surface area contributed by atoms with Crippen molar-refractivity contribution in [2.75, 3.05) is 19.5 Å². The van der Waals surface area contributed by atoms with E-state index in [1.54, 1.807) is 19.1 Å². The van der Waals surface area contributed by atoms with Gasteiger partial charge in [0.1, 0.15) is 11.5 Å². The number of hydrogen-bond acceptors (Lipinski definition) is 5. The number of benzene rings is 2. The number of hydrogen-bond donors (Lipinski definition) is 1. The average molecular weight is 398 g/mol. The molecule has 0 fully saturated rings. The molecule has 0 saturated heterocycles. The van der Waals surface area contributed by atoms with Crippen LogP contribution in [0.2, 0.25) is 5.02 Å². The molecule has 6 nitrogen and oxygen atoms in total. The van der Waals surface area contributed by atoms with Crippen molar-refractivity contribution < 1.29 is 14.3 Å². The third-order valence-corrected chi connectivity index (χ3v) is 4.55. The Labute approximate surface area is 168 Å². The van der Waals surface area contributed by atoms with Crippen molar-refractivity contribution >= 4 is 23.2 Å². The molecular formula is C21H20ClN3O3. The van der Waals surface area contributed by atoms with Gasteiger partial charge in [0.15, 0.2) is 5.82 Å². The van der Waals surface area contributed by atoms with Crippen LogP contribution in [0.3, 0.4) is 0 Å². The van der Waals surface area contributed by atoms with E-state index >= 15 is 0 Å². The van der Waals surface area contributed by atoms with Crippen LogP contribution in [0.1, 0.15) is 21.6 Å². The summed E-state index contributed by atoms with van der Waals surface area (Å²) < 4.78 is 10.5. The Hall–Kier alpha value is -3.12. The maximum Gasteiger partial charge on any atom is 0.259 e. The smallest absolute Gasteiger partial charge is 0.259 e. The van der Waals surface area contributed by atoms with Crippen molar-refractivity contribution in [2.45, 2.75) is 13.8 Å². The van der Waals surface area contributed by atoms with E-state index in [9.17, 15) is 4.79 Å². The first kappa shape index (κ1) is 19.6. The van der Waals surface area contributed by atoms with Gasteiger partial charge in [-0.1, -0.05) is 41.4 Å². The molecule has 1 N–H and O–H groups in total. The number of rotatable bonds is 5. The van der Waals surface area contributed by atoms with Gasteiger partial charge < -0.3 is 14.8 Å². The van der Waals surface area contributed by atoms with E-state index in [-0.39, 0.29) is 5.91 Å². The second-order valence-corrected chi connectivity index (χ2v) is 6.61. The normalized spacial score (nSPS) is 10.5. The lowest BCUT2D eigenvalue weighted by Gasteiger charge is -2.14. The van der Waals surface area contributed by atoms with Gasteiger partial charge in [-0.25, -0.2) is 9.97 Å². The number of aromatic nitrogens is 2. The van der Waals surface area contributed by atoms with E-state index in [2.05, 4.69) is 15.3 Å². The third-order valence-electron chi connectivity index (χ3n) is 4.26. The molecule has 0 atom stereocenters. The fourth-order valence-electron chi connectivity index (χ4n) is 2.68. The molecular weight excluding hydrogens is 378 g/mol. The molecule has 0 unspecified atom stereocenters. The van der Waals surface area contributed by atoms with Crippen LogP contribution in [0.15, 0.2) is 42.6 Å². The summed E-state index contributed by atoms with van der Waals surface area (Å²) in [6.07, 6.45) is 1.52.